The maximum Gasteiger partial charge on any atom is 0.0426 e. The number of benzene rings is 1. The third-order valence-corrected chi connectivity index (χ3v) is 3.72. The average molecular weight is 253 g/mol. The maximum absolute atomic E-state index is 6.10. The van der Waals surface area contributed by atoms with Gasteiger partial charge in [-0.25, -0.2) is 0 Å². The molecule has 1 fully saturated rings. The third-order valence-electron chi connectivity index (χ3n) is 3.48. The molecular formula is C14H21ClN2. The fourth-order valence-corrected chi connectivity index (χ4v) is 2.58. The van der Waals surface area contributed by atoms with Crippen LogP contribution >= 0.6 is 11.6 Å². The second-order valence-corrected chi connectivity index (χ2v) is 5.23. The van der Waals surface area contributed by atoms with Crippen molar-refractivity contribution in [1.82, 2.24) is 5.32 Å². The summed E-state index contributed by atoms with van der Waals surface area (Å²) in [6.07, 6.45) is 2.37. The van der Waals surface area contributed by atoms with Gasteiger partial charge in [0.25, 0.3) is 0 Å². The smallest absolute Gasteiger partial charge is 0.0426 e. The molecule has 0 bridgehead atoms. The molecule has 1 saturated heterocycles. The van der Waals surface area contributed by atoms with E-state index in [0.717, 1.165) is 24.7 Å². The summed E-state index contributed by atoms with van der Waals surface area (Å²) < 4.78 is 0. The molecule has 0 aliphatic carbocycles. The van der Waals surface area contributed by atoms with Gasteiger partial charge >= 0.3 is 0 Å². The summed E-state index contributed by atoms with van der Waals surface area (Å²) in [4.78, 5) is 2.47. The van der Waals surface area contributed by atoms with Crippen LogP contribution in [0.5, 0.6) is 0 Å². The summed E-state index contributed by atoms with van der Waals surface area (Å²) in [7, 11) is 0. The quantitative estimate of drug-likeness (QED) is 0.870. The highest BCUT2D eigenvalue weighted by Crippen LogP contribution is 2.25. The lowest BCUT2D eigenvalue weighted by molar-refractivity contribution is 0.528. The summed E-state index contributed by atoms with van der Waals surface area (Å²) in [5.41, 5.74) is 2.60. The van der Waals surface area contributed by atoms with Gasteiger partial charge in [-0.1, -0.05) is 24.6 Å². The molecule has 2 rings (SSSR count). The fourth-order valence-electron chi connectivity index (χ4n) is 2.41. The first-order chi connectivity index (χ1) is 8.20. The minimum Gasteiger partial charge on any atom is -0.370 e. The van der Waals surface area contributed by atoms with Crippen molar-refractivity contribution >= 4 is 17.3 Å². The Morgan fingerprint density at radius 2 is 2.29 bits per heavy atom. The van der Waals surface area contributed by atoms with Crippen LogP contribution in [0.2, 0.25) is 5.02 Å². The van der Waals surface area contributed by atoms with Crippen LogP contribution in [0, 0.1) is 6.92 Å². The predicted octanol–water partition coefficient (Wildman–Crippen LogP) is 3.23. The van der Waals surface area contributed by atoms with Gasteiger partial charge in [-0.2, -0.15) is 0 Å². The van der Waals surface area contributed by atoms with Gasteiger partial charge in [0, 0.05) is 29.8 Å². The number of anilines is 1. The Morgan fingerprint density at radius 1 is 1.47 bits per heavy atom. The lowest BCUT2D eigenvalue weighted by Crippen LogP contribution is -2.37. The van der Waals surface area contributed by atoms with Crippen LogP contribution in [0.25, 0.3) is 0 Å². The number of aryl methyl sites for hydroxylation is 1. The Balaban J connectivity index is 2.21. The van der Waals surface area contributed by atoms with Gasteiger partial charge in [0.15, 0.2) is 0 Å². The molecule has 0 radical (unpaired) electrons. The largest absolute Gasteiger partial charge is 0.370 e. The van der Waals surface area contributed by atoms with E-state index < -0.39 is 0 Å². The predicted molar refractivity (Wildman–Crippen MR) is 75.1 cm³/mol. The molecule has 3 heteroatoms. The maximum atomic E-state index is 6.10. The van der Waals surface area contributed by atoms with Gasteiger partial charge in [-0.15, -0.1) is 0 Å². The van der Waals surface area contributed by atoms with E-state index in [1.165, 1.54) is 24.1 Å². The minimum absolute atomic E-state index is 0.593. The van der Waals surface area contributed by atoms with Gasteiger partial charge in [-0.05, 0) is 44.0 Å². The second kappa shape index (κ2) is 5.74. The molecule has 1 heterocycles. The zero-order valence-electron chi connectivity index (χ0n) is 10.7. The van der Waals surface area contributed by atoms with Crippen LogP contribution < -0.4 is 10.2 Å². The standard InChI is InChI=1S/C14H21ClN2/c1-3-13-10-17(8-4-7-16-13)14-9-12(15)6-5-11(14)2/h5-6,9,13,16H,3-4,7-8,10H2,1-2H3. The molecule has 1 unspecified atom stereocenters. The molecule has 17 heavy (non-hydrogen) atoms. The Kier molecular flexibility index (Phi) is 4.30. The van der Waals surface area contributed by atoms with Gasteiger partial charge < -0.3 is 10.2 Å². The fraction of sp³-hybridized carbons (Fsp3) is 0.571. The number of halogens is 1. The van der Waals surface area contributed by atoms with Crippen LogP contribution in [0.4, 0.5) is 5.69 Å². The number of hydrogen-bond acceptors (Lipinski definition) is 2. The first kappa shape index (κ1) is 12.7. The lowest BCUT2D eigenvalue weighted by atomic mass is 10.1. The highest BCUT2D eigenvalue weighted by atomic mass is 35.5. The highest BCUT2D eigenvalue weighted by Gasteiger charge is 2.17. The van der Waals surface area contributed by atoms with Gasteiger partial charge in [0.05, 0.1) is 0 Å². The first-order valence-corrected chi connectivity index (χ1v) is 6.83. The molecular weight excluding hydrogens is 232 g/mol. The Bertz CT molecular complexity index is 378. The highest BCUT2D eigenvalue weighted by molar-refractivity contribution is 6.30. The summed E-state index contributed by atoms with van der Waals surface area (Å²) >= 11 is 6.10. The van der Waals surface area contributed by atoms with E-state index in [1.807, 2.05) is 6.07 Å². The Hall–Kier alpha value is -0.730. The molecule has 0 amide bonds. The zero-order chi connectivity index (χ0) is 12.3. The number of nitrogens with one attached hydrogen (secondary N) is 1. The van der Waals surface area contributed by atoms with E-state index in [9.17, 15) is 0 Å². The monoisotopic (exact) mass is 252 g/mol. The summed E-state index contributed by atoms with van der Waals surface area (Å²) in [6, 6.07) is 6.76. The number of rotatable bonds is 2. The Morgan fingerprint density at radius 3 is 3.06 bits per heavy atom. The zero-order valence-corrected chi connectivity index (χ0v) is 11.4. The normalized spacial score (nSPS) is 21.4. The molecule has 1 aromatic rings. The third kappa shape index (κ3) is 3.14. The molecule has 2 nitrogen and oxygen atoms in total. The molecule has 94 valence electrons. The van der Waals surface area contributed by atoms with Crippen molar-refractivity contribution in [3.8, 4) is 0 Å². The molecule has 1 aliphatic rings. The molecule has 0 spiro atoms. The summed E-state index contributed by atoms with van der Waals surface area (Å²) in [5.74, 6) is 0. The van der Waals surface area contributed by atoms with Crippen molar-refractivity contribution in [3.63, 3.8) is 0 Å². The van der Waals surface area contributed by atoms with Crippen LogP contribution in [-0.4, -0.2) is 25.7 Å². The average Bonchev–Trinajstić information content (AvgIpc) is 2.57. The molecule has 1 aliphatic heterocycles. The van der Waals surface area contributed by atoms with E-state index in [0.29, 0.717) is 6.04 Å². The second-order valence-electron chi connectivity index (χ2n) is 4.79. The van der Waals surface area contributed by atoms with Gasteiger partial charge in [0.1, 0.15) is 0 Å². The van der Waals surface area contributed by atoms with Crippen molar-refractivity contribution in [2.75, 3.05) is 24.5 Å². The van der Waals surface area contributed by atoms with E-state index in [4.69, 9.17) is 11.6 Å². The van der Waals surface area contributed by atoms with Crippen LogP contribution in [0.15, 0.2) is 18.2 Å². The van der Waals surface area contributed by atoms with Crippen molar-refractivity contribution < 1.29 is 0 Å². The summed E-state index contributed by atoms with van der Waals surface area (Å²) in [5, 5.41) is 4.42. The molecule has 1 atom stereocenters. The van der Waals surface area contributed by atoms with Crippen LogP contribution in [0.3, 0.4) is 0 Å². The summed E-state index contributed by atoms with van der Waals surface area (Å²) in [6.45, 7) is 7.72. The number of hydrogen-bond donors (Lipinski definition) is 1. The van der Waals surface area contributed by atoms with Crippen molar-refractivity contribution in [3.05, 3.63) is 28.8 Å². The molecule has 0 aromatic heterocycles. The molecule has 1 N–H and O–H groups in total. The minimum atomic E-state index is 0.593. The van der Waals surface area contributed by atoms with E-state index >= 15 is 0 Å². The van der Waals surface area contributed by atoms with Gasteiger partial charge in [-0.3, -0.25) is 0 Å². The van der Waals surface area contributed by atoms with E-state index in [2.05, 4.69) is 36.2 Å². The van der Waals surface area contributed by atoms with Crippen molar-refractivity contribution in [2.45, 2.75) is 32.7 Å². The van der Waals surface area contributed by atoms with E-state index in [1.54, 1.807) is 0 Å². The topological polar surface area (TPSA) is 15.3 Å². The number of nitrogens with zero attached hydrogens (tertiary/aromatic N) is 1. The van der Waals surface area contributed by atoms with Gasteiger partial charge in [0.2, 0.25) is 0 Å². The lowest BCUT2D eigenvalue weighted by Gasteiger charge is -2.27. The Labute approximate surface area is 109 Å². The van der Waals surface area contributed by atoms with Crippen LogP contribution in [-0.2, 0) is 0 Å². The SMILES string of the molecule is CCC1CN(c2cc(Cl)ccc2C)CCCN1. The van der Waals surface area contributed by atoms with E-state index in [-0.39, 0.29) is 0 Å². The molecule has 1 aromatic carbocycles. The molecule has 0 saturated carbocycles. The van der Waals surface area contributed by atoms with Crippen LogP contribution in [0.1, 0.15) is 25.3 Å². The van der Waals surface area contributed by atoms with Crippen molar-refractivity contribution in [1.29, 1.82) is 0 Å². The van der Waals surface area contributed by atoms with Crippen molar-refractivity contribution in [2.24, 2.45) is 0 Å². The first-order valence-electron chi connectivity index (χ1n) is 6.45.